The molecule has 5 rings (SSSR count). The first kappa shape index (κ1) is 24.4. The van der Waals surface area contributed by atoms with Gasteiger partial charge in [0.05, 0.1) is 0 Å². The number of rotatable bonds is 6. The van der Waals surface area contributed by atoms with Crippen LogP contribution < -0.4 is 25.0 Å². The lowest BCUT2D eigenvalue weighted by Gasteiger charge is -2.33. The van der Waals surface area contributed by atoms with Crippen molar-refractivity contribution in [3.05, 3.63) is 84.4 Å². The van der Waals surface area contributed by atoms with E-state index >= 15 is 0 Å². The van der Waals surface area contributed by atoms with Crippen molar-refractivity contribution < 1.29 is 23.9 Å². The van der Waals surface area contributed by atoms with E-state index in [0.717, 1.165) is 32.1 Å². The quantitative estimate of drug-likeness (QED) is 0.484. The van der Waals surface area contributed by atoms with Gasteiger partial charge in [0.25, 0.3) is 0 Å². The average molecular weight is 500 g/mol. The van der Waals surface area contributed by atoms with Gasteiger partial charge in [0, 0.05) is 23.5 Å². The number of benzene rings is 3. The maximum atomic E-state index is 13.8. The molecule has 0 aromatic heterocycles. The molecule has 0 unspecified atom stereocenters. The number of anilines is 2. The van der Waals surface area contributed by atoms with Crippen molar-refractivity contribution in [3.8, 4) is 11.5 Å². The van der Waals surface area contributed by atoms with Gasteiger partial charge in [-0.25, -0.2) is 0 Å². The Morgan fingerprint density at radius 1 is 0.811 bits per heavy atom. The van der Waals surface area contributed by atoms with Crippen molar-refractivity contribution in [2.75, 3.05) is 17.0 Å². The number of nitrogens with zero attached hydrogens (tertiary/aromatic N) is 1. The first-order chi connectivity index (χ1) is 18.1. The van der Waals surface area contributed by atoms with Gasteiger partial charge in [-0.05, 0) is 42.7 Å². The highest BCUT2D eigenvalue weighted by molar-refractivity contribution is 6.45. The van der Waals surface area contributed by atoms with Crippen LogP contribution in [0, 0.1) is 0 Å². The molecule has 1 heterocycles. The zero-order valence-electron chi connectivity index (χ0n) is 20.4. The standard InChI is InChI=1S/C29H29N3O5/c33-27(30-21-12-6-2-7-13-21)26(20-10-4-1-5-11-20)32(23-14-8-3-9-15-23)29(35)28(34)31-22-16-17-24-25(18-22)37-19-36-24/h1,3-5,8-11,14-18,21,26H,2,6-7,12-13,19H2,(H,30,33)(H,31,34)/t26-/m0/s1. The minimum atomic E-state index is -1.03. The number of carbonyl (C=O) groups excluding carboxylic acids is 3. The maximum absolute atomic E-state index is 13.8. The van der Waals surface area contributed by atoms with Crippen molar-refractivity contribution >= 4 is 29.1 Å². The Bertz CT molecular complexity index is 1260. The Kier molecular flexibility index (Phi) is 7.35. The smallest absolute Gasteiger partial charge is 0.317 e. The van der Waals surface area contributed by atoms with E-state index in [-0.39, 0.29) is 18.7 Å². The molecule has 37 heavy (non-hydrogen) atoms. The Balaban J connectivity index is 1.47. The molecule has 8 heteroatoms. The number of nitrogens with one attached hydrogen (secondary N) is 2. The van der Waals surface area contributed by atoms with E-state index < -0.39 is 17.9 Å². The fraction of sp³-hybridized carbons (Fsp3) is 0.276. The van der Waals surface area contributed by atoms with Crippen LogP contribution in [0.3, 0.4) is 0 Å². The van der Waals surface area contributed by atoms with Gasteiger partial charge in [0.15, 0.2) is 11.5 Å². The molecule has 0 bridgehead atoms. The Labute approximate surface area is 215 Å². The van der Waals surface area contributed by atoms with E-state index in [9.17, 15) is 14.4 Å². The zero-order valence-corrected chi connectivity index (χ0v) is 20.4. The molecular formula is C29H29N3O5. The Morgan fingerprint density at radius 3 is 2.22 bits per heavy atom. The van der Waals surface area contributed by atoms with Crippen LogP contribution in [-0.4, -0.2) is 30.6 Å². The third-order valence-electron chi connectivity index (χ3n) is 6.65. The van der Waals surface area contributed by atoms with E-state index in [4.69, 9.17) is 9.47 Å². The van der Waals surface area contributed by atoms with Gasteiger partial charge in [-0.1, -0.05) is 67.8 Å². The van der Waals surface area contributed by atoms with Crippen molar-refractivity contribution in [3.63, 3.8) is 0 Å². The molecule has 2 N–H and O–H groups in total. The first-order valence-electron chi connectivity index (χ1n) is 12.5. The predicted octanol–water partition coefficient (Wildman–Crippen LogP) is 4.58. The van der Waals surface area contributed by atoms with Gasteiger partial charge in [-0.2, -0.15) is 0 Å². The summed E-state index contributed by atoms with van der Waals surface area (Å²) in [6.45, 7) is 0.0995. The molecular weight excluding hydrogens is 470 g/mol. The van der Waals surface area contributed by atoms with E-state index in [1.807, 2.05) is 24.3 Å². The monoisotopic (exact) mass is 499 g/mol. The van der Waals surface area contributed by atoms with Crippen LogP contribution in [0.5, 0.6) is 11.5 Å². The summed E-state index contributed by atoms with van der Waals surface area (Å²) in [4.78, 5) is 42.1. The van der Waals surface area contributed by atoms with Gasteiger partial charge in [0.1, 0.15) is 6.04 Å². The molecule has 3 aromatic carbocycles. The molecule has 190 valence electrons. The lowest BCUT2D eigenvalue weighted by Crippen LogP contribution is -2.50. The van der Waals surface area contributed by atoms with Crippen LogP contribution >= 0.6 is 0 Å². The summed E-state index contributed by atoms with van der Waals surface area (Å²) in [7, 11) is 0. The number of hydrogen-bond donors (Lipinski definition) is 2. The predicted molar refractivity (Wildman–Crippen MR) is 139 cm³/mol. The topological polar surface area (TPSA) is 97.0 Å². The van der Waals surface area contributed by atoms with Gasteiger partial charge in [-0.3, -0.25) is 19.3 Å². The highest BCUT2D eigenvalue weighted by Crippen LogP contribution is 2.34. The normalized spacial score (nSPS) is 15.5. The molecule has 1 atom stereocenters. The second kappa shape index (κ2) is 11.2. The SMILES string of the molecule is O=C(Nc1ccc2c(c1)OCO2)C(=O)N(c1ccccc1)[C@H](C(=O)NC1CCCCC1)c1ccccc1. The van der Waals surface area contributed by atoms with Gasteiger partial charge >= 0.3 is 11.8 Å². The minimum absolute atomic E-state index is 0.0441. The fourth-order valence-corrected chi connectivity index (χ4v) is 4.82. The molecule has 0 spiro atoms. The summed E-state index contributed by atoms with van der Waals surface area (Å²) in [6, 6.07) is 21.8. The third kappa shape index (κ3) is 5.58. The molecule has 8 nitrogen and oxygen atoms in total. The summed E-state index contributed by atoms with van der Waals surface area (Å²) in [5, 5.41) is 5.80. The fourth-order valence-electron chi connectivity index (χ4n) is 4.82. The van der Waals surface area contributed by atoms with Crippen LogP contribution in [0.25, 0.3) is 0 Å². The first-order valence-corrected chi connectivity index (χ1v) is 12.5. The summed E-state index contributed by atoms with van der Waals surface area (Å²) < 4.78 is 10.7. The maximum Gasteiger partial charge on any atom is 0.317 e. The molecule has 2 aliphatic rings. The van der Waals surface area contributed by atoms with Crippen molar-refractivity contribution in [1.82, 2.24) is 5.32 Å². The van der Waals surface area contributed by atoms with E-state index in [2.05, 4.69) is 10.6 Å². The van der Waals surface area contributed by atoms with Crippen LogP contribution in [0.2, 0.25) is 0 Å². The van der Waals surface area contributed by atoms with Crippen LogP contribution in [0.4, 0.5) is 11.4 Å². The van der Waals surface area contributed by atoms with Crippen molar-refractivity contribution in [2.45, 2.75) is 44.2 Å². The summed E-state index contributed by atoms with van der Waals surface area (Å²) >= 11 is 0. The molecule has 1 saturated carbocycles. The second-order valence-electron chi connectivity index (χ2n) is 9.19. The van der Waals surface area contributed by atoms with Crippen molar-refractivity contribution in [2.24, 2.45) is 0 Å². The molecule has 3 aromatic rings. The van der Waals surface area contributed by atoms with Crippen LogP contribution in [-0.2, 0) is 14.4 Å². The number of carbonyl (C=O) groups is 3. The van der Waals surface area contributed by atoms with Gasteiger partial charge < -0.3 is 20.1 Å². The minimum Gasteiger partial charge on any atom is -0.454 e. The molecule has 0 saturated heterocycles. The van der Waals surface area contributed by atoms with E-state index in [1.165, 1.54) is 4.90 Å². The lowest BCUT2D eigenvalue weighted by molar-refractivity contribution is -0.136. The van der Waals surface area contributed by atoms with Gasteiger partial charge in [0.2, 0.25) is 12.7 Å². The summed E-state index contributed by atoms with van der Waals surface area (Å²) in [5.41, 5.74) is 1.45. The molecule has 1 aliphatic carbocycles. The second-order valence-corrected chi connectivity index (χ2v) is 9.19. The number of fused-ring (bicyclic) bond motifs is 1. The number of amides is 3. The number of ether oxygens (including phenoxy) is 2. The summed E-state index contributed by atoms with van der Waals surface area (Å²) in [6.07, 6.45) is 5.07. The molecule has 0 radical (unpaired) electrons. The lowest BCUT2D eigenvalue weighted by atomic mass is 9.94. The van der Waals surface area contributed by atoms with Crippen LogP contribution in [0.15, 0.2) is 78.9 Å². The third-order valence-corrected chi connectivity index (χ3v) is 6.65. The highest BCUT2D eigenvalue weighted by Gasteiger charge is 2.37. The van der Waals surface area contributed by atoms with Crippen LogP contribution in [0.1, 0.15) is 43.7 Å². The largest absolute Gasteiger partial charge is 0.454 e. The number of hydrogen-bond acceptors (Lipinski definition) is 5. The van der Waals surface area contributed by atoms with Crippen molar-refractivity contribution in [1.29, 1.82) is 0 Å². The summed E-state index contributed by atoms with van der Waals surface area (Å²) in [5.74, 6) is -0.977. The highest BCUT2D eigenvalue weighted by atomic mass is 16.7. The Morgan fingerprint density at radius 2 is 1.49 bits per heavy atom. The Hall–Kier alpha value is -4.33. The zero-order chi connectivity index (χ0) is 25.6. The van der Waals surface area contributed by atoms with E-state index in [1.54, 1.807) is 54.6 Å². The molecule has 1 aliphatic heterocycles. The number of para-hydroxylation sites is 1. The molecule has 1 fully saturated rings. The average Bonchev–Trinajstić information content (AvgIpc) is 3.41. The van der Waals surface area contributed by atoms with Gasteiger partial charge in [-0.15, -0.1) is 0 Å². The van der Waals surface area contributed by atoms with E-state index in [0.29, 0.717) is 28.4 Å². The molecule has 3 amide bonds.